The summed E-state index contributed by atoms with van der Waals surface area (Å²) in [6.07, 6.45) is 0. The summed E-state index contributed by atoms with van der Waals surface area (Å²) in [5.41, 5.74) is 2.95. The van der Waals surface area contributed by atoms with Gasteiger partial charge in [-0.3, -0.25) is 14.5 Å². The van der Waals surface area contributed by atoms with Crippen LogP contribution < -0.4 is 9.64 Å². The largest absolute Gasteiger partial charge is 0.507 e. The summed E-state index contributed by atoms with van der Waals surface area (Å²) in [6.45, 7) is 2.02. The number of anilines is 1. The van der Waals surface area contributed by atoms with Gasteiger partial charge >= 0.3 is 5.91 Å². The molecule has 192 valence electrons. The minimum Gasteiger partial charge on any atom is -0.507 e. The van der Waals surface area contributed by atoms with Crippen LogP contribution in [0, 0.1) is 12.7 Å². The van der Waals surface area contributed by atoms with Crippen molar-refractivity contribution < 1.29 is 23.8 Å². The summed E-state index contributed by atoms with van der Waals surface area (Å²) in [5.74, 6) is -1.29. The van der Waals surface area contributed by atoms with Gasteiger partial charge in [-0.1, -0.05) is 65.1 Å². The Labute approximate surface area is 226 Å². The highest BCUT2D eigenvalue weighted by Crippen LogP contribution is 2.44. The molecule has 2 heterocycles. The van der Waals surface area contributed by atoms with Crippen molar-refractivity contribution in [2.45, 2.75) is 23.1 Å². The first-order valence-corrected chi connectivity index (χ1v) is 13.4. The van der Waals surface area contributed by atoms with E-state index in [1.807, 2.05) is 31.2 Å². The number of Topliss-reactive ketones (excluding diaryl/α,β-unsaturated/α-hetero) is 1. The van der Waals surface area contributed by atoms with E-state index in [4.69, 9.17) is 4.74 Å². The van der Waals surface area contributed by atoms with Crippen LogP contribution >= 0.6 is 23.1 Å². The lowest BCUT2D eigenvalue weighted by molar-refractivity contribution is -0.132. The number of hydrogen-bond acceptors (Lipinski definition) is 8. The lowest BCUT2D eigenvalue weighted by Gasteiger charge is -2.22. The molecule has 1 aliphatic rings. The van der Waals surface area contributed by atoms with Crippen LogP contribution in [0.2, 0.25) is 0 Å². The van der Waals surface area contributed by atoms with Crippen molar-refractivity contribution in [1.82, 2.24) is 10.2 Å². The van der Waals surface area contributed by atoms with Gasteiger partial charge in [0, 0.05) is 11.3 Å². The van der Waals surface area contributed by atoms with Crippen molar-refractivity contribution in [3.05, 3.63) is 106 Å². The normalized spacial score (nSPS) is 16.7. The Morgan fingerprint density at radius 2 is 1.71 bits per heavy atom. The molecule has 1 unspecified atom stereocenters. The summed E-state index contributed by atoms with van der Waals surface area (Å²) in [4.78, 5) is 27.8. The number of hydrogen-bond donors (Lipinski definition) is 1. The first-order valence-electron chi connectivity index (χ1n) is 11.6. The average molecular weight is 548 g/mol. The van der Waals surface area contributed by atoms with Gasteiger partial charge in [0.05, 0.1) is 18.7 Å². The number of ketones is 1. The summed E-state index contributed by atoms with van der Waals surface area (Å²) >= 11 is 2.64. The molecule has 0 spiro atoms. The molecule has 7 nitrogen and oxygen atoms in total. The SMILES string of the molecule is COc1ccc(/C(O)=C2/C(=O)C(=O)N(c3nnc(SCc4ccc(C)cc4)s3)C2c2ccc(F)cc2)cc1. The number of benzene rings is 3. The van der Waals surface area contributed by atoms with E-state index in [1.54, 1.807) is 24.3 Å². The Bertz CT molecular complexity index is 1520. The number of rotatable bonds is 7. The molecule has 1 N–H and O–H groups in total. The predicted molar refractivity (Wildman–Crippen MR) is 145 cm³/mol. The number of aliphatic hydroxyl groups is 1. The summed E-state index contributed by atoms with van der Waals surface area (Å²) in [6, 6.07) is 19.0. The number of aromatic nitrogens is 2. The average Bonchev–Trinajstić information content (AvgIpc) is 3.50. The molecule has 0 saturated carbocycles. The Hall–Kier alpha value is -4.02. The highest BCUT2D eigenvalue weighted by Gasteiger charge is 2.48. The highest BCUT2D eigenvalue weighted by molar-refractivity contribution is 8.00. The van der Waals surface area contributed by atoms with Crippen LogP contribution in [-0.2, 0) is 15.3 Å². The zero-order chi connectivity index (χ0) is 26.8. The molecular formula is C28H22FN3O4S2. The number of halogens is 1. The summed E-state index contributed by atoms with van der Waals surface area (Å²) in [7, 11) is 1.52. The monoisotopic (exact) mass is 547 g/mol. The molecule has 1 amide bonds. The van der Waals surface area contributed by atoms with Crippen molar-refractivity contribution in [2.24, 2.45) is 0 Å². The maximum atomic E-state index is 13.7. The molecule has 4 aromatic rings. The van der Waals surface area contributed by atoms with Crippen LogP contribution in [0.1, 0.15) is 28.3 Å². The van der Waals surface area contributed by atoms with E-state index in [-0.39, 0.29) is 16.5 Å². The minimum atomic E-state index is -1.01. The summed E-state index contributed by atoms with van der Waals surface area (Å²) in [5, 5.41) is 19.8. The number of amides is 1. The van der Waals surface area contributed by atoms with Gasteiger partial charge in [0.1, 0.15) is 17.3 Å². The van der Waals surface area contributed by atoms with E-state index in [0.29, 0.717) is 27.0 Å². The quantitative estimate of drug-likeness (QED) is 0.101. The smallest absolute Gasteiger partial charge is 0.301 e. The number of thioether (sulfide) groups is 1. The third-order valence-corrected chi connectivity index (χ3v) is 8.21. The van der Waals surface area contributed by atoms with Crippen LogP contribution in [0.5, 0.6) is 5.75 Å². The van der Waals surface area contributed by atoms with Gasteiger partial charge in [0.25, 0.3) is 5.78 Å². The maximum absolute atomic E-state index is 13.7. The zero-order valence-electron chi connectivity index (χ0n) is 20.4. The van der Waals surface area contributed by atoms with Gasteiger partial charge in [-0.25, -0.2) is 4.39 Å². The van der Waals surface area contributed by atoms with Crippen molar-refractivity contribution in [2.75, 3.05) is 12.0 Å². The van der Waals surface area contributed by atoms with Gasteiger partial charge < -0.3 is 9.84 Å². The maximum Gasteiger partial charge on any atom is 0.301 e. The fourth-order valence-corrected chi connectivity index (χ4v) is 5.91. The van der Waals surface area contributed by atoms with Gasteiger partial charge in [0.15, 0.2) is 4.34 Å². The first kappa shape index (κ1) is 25.6. The topological polar surface area (TPSA) is 92.6 Å². The summed E-state index contributed by atoms with van der Waals surface area (Å²) < 4.78 is 19.5. The fourth-order valence-electron chi connectivity index (χ4n) is 4.08. The van der Waals surface area contributed by atoms with Crippen molar-refractivity contribution >= 4 is 45.7 Å². The van der Waals surface area contributed by atoms with E-state index in [1.165, 1.54) is 64.9 Å². The van der Waals surface area contributed by atoms with E-state index in [9.17, 15) is 19.1 Å². The van der Waals surface area contributed by atoms with Gasteiger partial charge in [0.2, 0.25) is 5.13 Å². The van der Waals surface area contributed by atoms with Crippen molar-refractivity contribution in [3.8, 4) is 5.75 Å². The Morgan fingerprint density at radius 3 is 2.37 bits per heavy atom. The predicted octanol–water partition coefficient (Wildman–Crippen LogP) is 5.91. The molecule has 0 bridgehead atoms. The first-order chi connectivity index (χ1) is 18.4. The molecule has 10 heteroatoms. The van der Waals surface area contributed by atoms with Crippen molar-refractivity contribution in [1.29, 1.82) is 0 Å². The Morgan fingerprint density at radius 1 is 1.03 bits per heavy atom. The molecule has 1 aromatic heterocycles. The molecule has 0 radical (unpaired) electrons. The number of carbonyl (C=O) groups is 2. The molecule has 38 heavy (non-hydrogen) atoms. The second-order valence-corrected chi connectivity index (χ2v) is 10.8. The van der Waals surface area contributed by atoms with Crippen LogP contribution in [0.3, 0.4) is 0 Å². The van der Waals surface area contributed by atoms with Crippen LogP contribution in [0.4, 0.5) is 9.52 Å². The highest BCUT2D eigenvalue weighted by atomic mass is 32.2. The standard InChI is InChI=1S/C28H22FN3O4S2/c1-16-3-5-17(6-4-16)15-37-28-31-30-27(38-28)32-23(18-7-11-20(29)12-8-18)22(25(34)26(32)35)24(33)19-9-13-21(36-2)14-10-19/h3-14,23,33H,15H2,1-2H3/b24-22-. The number of ether oxygens (including phenoxy) is 1. The Balaban J connectivity index is 1.52. The van der Waals surface area contributed by atoms with Crippen LogP contribution in [0.15, 0.2) is 82.7 Å². The molecule has 0 aliphatic carbocycles. The van der Waals surface area contributed by atoms with Gasteiger partial charge in [-0.15, -0.1) is 10.2 Å². The number of aliphatic hydroxyl groups excluding tert-OH is 1. The van der Waals surface area contributed by atoms with E-state index < -0.39 is 23.5 Å². The number of methoxy groups -OCH3 is 1. The van der Waals surface area contributed by atoms with Crippen LogP contribution in [0.25, 0.3) is 5.76 Å². The number of nitrogens with zero attached hydrogens (tertiary/aromatic N) is 3. The van der Waals surface area contributed by atoms with E-state index >= 15 is 0 Å². The van der Waals surface area contributed by atoms with E-state index in [2.05, 4.69) is 10.2 Å². The third kappa shape index (κ3) is 5.05. The molecule has 1 aliphatic heterocycles. The number of aryl methyl sites for hydroxylation is 1. The zero-order valence-corrected chi connectivity index (χ0v) is 22.1. The van der Waals surface area contributed by atoms with Crippen LogP contribution in [-0.4, -0.2) is 34.1 Å². The molecule has 1 saturated heterocycles. The number of carbonyl (C=O) groups excluding carboxylic acids is 2. The molecule has 1 atom stereocenters. The lowest BCUT2D eigenvalue weighted by atomic mass is 9.95. The Kier molecular flexibility index (Phi) is 7.26. The van der Waals surface area contributed by atoms with Gasteiger partial charge in [-0.2, -0.15) is 0 Å². The third-order valence-electron chi connectivity index (χ3n) is 6.08. The van der Waals surface area contributed by atoms with E-state index in [0.717, 1.165) is 5.56 Å². The molecular weight excluding hydrogens is 525 g/mol. The lowest BCUT2D eigenvalue weighted by Crippen LogP contribution is -2.29. The fraction of sp³-hybridized carbons (Fsp3) is 0.143. The molecule has 3 aromatic carbocycles. The molecule has 1 fully saturated rings. The second-order valence-electron chi connectivity index (χ2n) is 8.57. The second kappa shape index (κ2) is 10.8. The molecule has 5 rings (SSSR count). The van der Waals surface area contributed by atoms with Gasteiger partial charge in [-0.05, 0) is 54.4 Å². The minimum absolute atomic E-state index is 0.115. The van der Waals surface area contributed by atoms with Crippen molar-refractivity contribution in [3.63, 3.8) is 0 Å².